The zero-order valence-corrected chi connectivity index (χ0v) is 28.5. The van der Waals surface area contributed by atoms with Gasteiger partial charge in [0.05, 0.1) is 44.1 Å². The molecule has 1 atom stereocenters. The maximum Gasteiger partial charge on any atom is 0.338 e. The maximum absolute atomic E-state index is 14.2. The monoisotopic (exact) mass is 761 g/mol. The van der Waals surface area contributed by atoms with Crippen molar-refractivity contribution < 1.29 is 23.9 Å². The number of rotatable bonds is 9. The summed E-state index contributed by atoms with van der Waals surface area (Å²) >= 11 is 3.39. The summed E-state index contributed by atoms with van der Waals surface area (Å²) in [5.41, 5.74) is 2.82. The standard InChI is InChI=1S/C35H28IN3O7S/c1-4-45-34(41)30-20(2)37-35-38(31(30)26-11-7-9-23-8-5-6-10-25(23)26)33(40)29(47-35)18-22-16-27(36)32(28(17-22)44-3)46-19-21-12-14-24(15-13-21)39(42)43/h5-18,31H,4,19H2,1-3H3/b29-18+/t31-/m0/s1. The third-order valence-electron chi connectivity index (χ3n) is 7.71. The number of nitro groups is 1. The molecule has 1 aliphatic rings. The summed E-state index contributed by atoms with van der Waals surface area (Å²) in [7, 11) is 1.53. The molecule has 2 heterocycles. The van der Waals surface area contributed by atoms with Crippen LogP contribution in [0.5, 0.6) is 11.5 Å². The van der Waals surface area contributed by atoms with E-state index >= 15 is 0 Å². The van der Waals surface area contributed by atoms with Crippen molar-refractivity contribution in [2.45, 2.75) is 26.5 Å². The van der Waals surface area contributed by atoms with Gasteiger partial charge in [-0.1, -0.05) is 53.8 Å². The Bertz CT molecular complexity index is 2250. The molecule has 1 aliphatic heterocycles. The van der Waals surface area contributed by atoms with Gasteiger partial charge in [0.1, 0.15) is 6.61 Å². The van der Waals surface area contributed by atoms with Gasteiger partial charge < -0.3 is 14.2 Å². The van der Waals surface area contributed by atoms with E-state index in [4.69, 9.17) is 19.2 Å². The van der Waals surface area contributed by atoms with E-state index in [9.17, 15) is 19.7 Å². The number of nitro benzene ring substituents is 1. The predicted molar refractivity (Wildman–Crippen MR) is 187 cm³/mol. The number of hydrogen-bond acceptors (Lipinski definition) is 9. The lowest BCUT2D eigenvalue weighted by molar-refractivity contribution is -0.384. The lowest BCUT2D eigenvalue weighted by Gasteiger charge is -2.25. The van der Waals surface area contributed by atoms with Crippen LogP contribution in [0.2, 0.25) is 0 Å². The van der Waals surface area contributed by atoms with Crippen LogP contribution in [0.3, 0.4) is 0 Å². The largest absolute Gasteiger partial charge is 0.493 e. The predicted octanol–water partition coefficient (Wildman–Crippen LogP) is 6.05. The zero-order chi connectivity index (χ0) is 33.2. The summed E-state index contributed by atoms with van der Waals surface area (Å²) in [5.74, 6) is 0.465. The number of allylic oxidation sites excluding steroid dienone is 1. The van der Waals surface area contributed by atoms with Crippen molar-refractivity contribution >= 4 is 62.4 Å². The van der Waals surface area contributed by atoms with Crippen molar-refractivity contribution in [3.63, 3.8) is 0 Å². The van der Waals surface area contributed by atoms with Gasteiger partial charge in [-0.15, -0.1) is 0 Å². The Morgan fingerprint density at radius 2 is 1.85 bits per heavy atom. The second-order valence-electron chi connectivity index (χ2n) is 10.6. The topological polar surface area (TPSA) is 122 Å². The fraction of sp³-hybridized carbons (Fsp3) is 0.171. The number of methoxy groups -OCH3 is 1. The summed E-state index contributed by atoms with van der Waals surface area (Å²) in [6.45, 7) is 3.89. The minimum absolute atomic E-state index is 0.00580. The van der Waals surface area contributed by atoms with Crippen LogP contribution in [0.1, 0.15) is 36.6 Å². The van der Waals surface area contributed by atoms with Crippen LogP contribution in [0.25, 0.3) is 16.8 Å². The Morgan fingerprint density at radius 1 is 1.11 bits per heavy atom. The van der Waals surface area contributed by atoms with Crippen molar-refractivity contribution in [2.24, 2.45) is 4.99 Å². The first-order valence-corrected chi connectivity index (χ1v) is 16.5. The van der Waals surface area contributed by atoms with E-state index in [2.05, 4.69) is 22.6 Å². The molecule has 10 nitrogen and oxygen atoms in total. The fourth-order valence-electron chi connectivity index (χ4n) is 5.56. The van der Waals surface area contributed by atoms with E-state index in [0.29, 0.717) is 37.7 Å². The first-order valence-electron chi connectivity index (χ1n) is 14.6. The van der Waals surface area contributed by atoms with Gasteiger partial charge in [0.25, 0.3) is 11.2 Å². The molecule has 0 saturated heterocycles. The molecule has 0 amide bonds. The average molecular weight is 762 g/mol. The summed E-state index contributed by atoms with van der Waals surface area (Å²) in [6, 6.07) is 22.8. The minimum Gasteiger partial charge on any atom is -0.493 e. The lowest BCUT2D eigenvalue weighted by Crippen LogP contribution is -2.40. The molecule has 0 saturated carbocycles. The average Bonchev–Trinajstić information content (AvgIpc) is 3.36. The van der Waals surface area contributed by atoms with Gasteiger partial charge in [0.15, 0.2) is 16.3 Å². The summed E-state index contributed by atoms with van der Waals surface area (Å²) in [5, 5.41) is 12.9. The van der Waals surface area contributed by atoms with E-state index in [-0.39, 0.29) is 24.5 Å². The second-order valence-corrected chi connectivity index (χ2v) is 12.8. The molecule has 0 radical (unpaired) electrons. The second kappa shape index (κ2) is 13.5. The highest BCUT2D eigenvalue weighted by molar-refractivity contribution is 14.1. The molecule has 6 rings (SSSR count). The molecule has 238 valence electrons. The Kier molecular flexibility index (Phi) is 9.23. The van der Waals surface area contributed by atoms with Gasteiger partial charge in [-0.2, -0.15) is 0 Å². The number of nitrogens with zero attached hydrogens (tertiary/aromatic N) is 3. The number of carbonyl (C=O) groups is 1. The summed E-state index contributed by atoms with van der Waals surface area (Å²) in [6.07, 6.45) is 1.78. The number of esters is 1. The van der Waals surface area contributed by atoms with Gasteiger partial charge in [-0.05, 0) is 94.2 Å². The number of fused-ring (bicyclic) bond motifs is 2. The first-order chi connectivity index (χ1) is 22.7. The van der Waals surface area contributed by atoms with Gasteiger partial charge in [-0.25, -0.2) is 9.79 Å². The molecule has 47 heavy (non-hydrogen) atoms. The third kappa shape index (κ3) is 6.30. The number of ether oxygens (including phenoxy) is 3. The number of benzene rings is 4. The van der Waals surface area contributed by atoms with Crippen molar-refractivity contribution in [1.82, 2.24) is 4.57 Å². The van der Waals surface area contributed by atoms with E-state index < -0.39 is 16.9 Å². The van der Waals surface area contributed by atoms with E-state index in [1.807, 2.05) is 48.5 Å². The van der Waals surface area contributed by atoms with Crippen LogP contribution < -0.4 is 24.4 Å². The highest BCUT2D eigenvalue weighted by atomic mass is 127. The van der Waals surface area contributed by atoms with Gasteiger partial charge in [0, 0.05) is 12.1 Å². The minimum atomic E-state index is -0.733. The zero-order valence-electron chi connectivity index (χ0n) is 25.6. The Balaban J connectivity index is 1.42. The Morgan fingerprint density at radius 3 is 2.57 bits per heavy atom. The Labute approximate surface area is 286 Å². The van der Waals surface area contributed by atoms with Crippen molar-refractivity contribution in [2.75, 3.05) is 13.7 Å². The lowest BCUT2D eigenvalue weighted by atomic mass is 9.91. The van der Waals surface area contributed by atoms with Crippen molar-refractivity contribution in [3.05, 3.63) is 140 Å². The highest BCUT2D eigenvalue weighted by Crippen LogP contribution is 2.36. The molecule has 0 unspecified atom stereocenters. The SMILES string of the molecule is CCOC(=O)C1=C(C)N=c2s/c(=C/c3cc(I)c(OCc4ccc([N+](=O)[O-])cc4)c(OC)c3)c(=O)n2[C@H]1c1cccc2ccccc12. The van der Waals surface area contributed by atoms with Crippen LogP contribution in [0, 0.1) is 13.7 Å². The molecular formula is C35H28IN3O7S. The van der Waals surface area contributed by atoms with Crippen molar-refractivity contribution in [1.29, 1.82) is 0 Å². The Hall–Kier alpha value is -4.82. The summed E-state index contributed by atoms with van der Waals surface area (Å²) < 4.78 is 19.9. The van der Waals surface area contributed by atoms with Gasteiger partial charge >= 0.3 is 5.97 Å². The van der Waals surface area contributed by atoms with Gasteiger partial charge in [-0.3, -0.25) is 19.5 Å². The van der Waals surface area contributed by atoms with Crippen LogP contribution in [0.4, 0.5) is 5.69 Å². The molecule has 0 spiro atoms. The fourth-order valence-corrected chi connectivity index (χ4v) is 7.39. The first kappa shape index (κ1) is 32.1. The van der Waals surface area contributed by atoms with Crippen LogP contribution in [0.15, 0.2) is 99.9 Å². The molecule has 4 aromatic carbocycles. The normalized spacial score (nSPS) is 14.5. The number of carbonyl (C=O) groups excluding carboxylic acids is 1. The van der Waals surface area contributed by atoms with E-state index in [1.54, 1.807) is 42.7 Å². The molecule has 0 N–H and O–H groups in total. The van der Waals surface area contributed by atoms with Crippen molar-refractivity contribution in [3.8, 4) is 11.5 Å². The van der Waals surface area contributed by atoms with Crippen LogP contribution >= 0.6 is 33.9 Å². The quantitative estimate of drug-likeness (QED) is 0.0776. The van der Waals surface area contributed by atoms with E-state index in [0.717, 1.165) is 25.5 Å². The smallest absolute Gasteiger partial charge is 0.338 e. The molecule has 12 heteroatoms. The molecule has 0 aliphatic carbocycles. The number of halogens is 1. The number of aromatic nitrogens is 1. The molecular weight excluding hydrogens is 733 g/mol. The van der Waals surface area contributed by atoms with Crippen LogP contribution in [-0.4, -0.2) is 29.2 Å². The number of thiazole rings is 1. The van der Waals surface area contributed by atoms with Crippen LogP contribution in [-0.2, 0) is 16.1 Å². The molecule has 1 aromatic heterocycles. The molecule has 0 bridgehead atoms. The van der Waals surface area contributed by atoms with E-state index in [1.165, 1.54) is 30.6 Å². The number of non-ortho nitro benzene ring substituents is 1. The van der Waals surface area contributed by atoms with Gasteiger partial charge in [0.2, 0.25) is 0 Å². The maximum atomic E-state index is 14.2. The highest BCUT2D eigenvalue weighted by Gasteiger charge is 2.34. The molecule has 0 fully saturated rings. The molecule has 5 aromatic rings. The number of hydrogen-bond donors (Lipinski definition) is 0. The third-order valence-corrected chi connectivity index (χ3v) is 9.50. The summed E-state index contributed by atoms with van der Waals surface area (Å²) in [4.78, 5) is 43.3.